The summed E-state index contributed by atoms with van der Waals surface area (Å²) in [6, 6.07) is 24.6. The Kier molecular flexibility index (Phi) is 6.85. The number of hydrogen-bond acceptors (Lipinski definition) is 3. The van der Waals surface area contributed by atoms with E-state index in [4.69, 9.17) is 9.63 Å². The van der Waals surface area contributed by atoms with Gasteiger partial charge in [-0.05, 0) is 0 Å². The monoisotopic (exact) mass is 450 g/mol. The van der Waals surface area contributed by atoms with Crippen molar-refractivity contribution in [2.24, 2.45) is 0 Å². The van der Waals surface area contributed by atoms with Crippen LogP contribution in [-0.4, -0.2) is 23.2 Å². The van der Waals surface area contributed by atoms with Crippen molar-refractivity contribution in [1.29, 1.82) is 0 Å². The number of aliphatic carboxylic acids is 1. The van der Waals surface area contributed by atoms with Gasteiger partial charge >= 0.3 is 190 Å². The van der Waals surface area contributed by atoms with Gasteiger partial charge in [-0.2, -0.15) is 0 Å². The van der Waals surface area contributed by atoms with Crippen LogP contribution >= 0.6 is 6.83 Å². The first-order valence-electron chi connectivity index (χ1n) is 10.9. The molecule has 168 valence electrons. The van der Waals surface area contributed by atoms with Crippen molar-refractivity contribution in [3.8, 4) is 0 Å². The maximum atomic E-state index is 13.2. The molecule has 0 aromatic heterocycles. The molecule has 0 aliphatic heterocycles. The zero-order valence-corrected chi connectivity index (χ0v) is 20.1. The maximum absolute atomic E-state index is 13.2. The molecular weight excluding hydrogens is 419 g/mol. The molecule has 32 heavy (non-hydrogen) atoms. The van der Waals surface area contributed by atoms with Gasteiger partial charge in [0.2, 0.25) is 0 Å². The van der Waals surface area contributed by atoms with Gasteiger partial charge in [-0.15, -0.1) is 0 Å². The molecule has 0 atom stereocenters. The van der Waals surface area contributed by atoms with Crippen molar-refractivity contribution in [2.75, 3.05) is 6.16 Å². The van der Waals surface area contributed by atoms with Crippen LogP contribution in [0.1, 0.15) is 36.5 Å². The van der Waals surface area contributed by atoms with Gasteiger partial charge in [-0.3, -0.25) is 0 Å². The second-order valence-corrected chi connectivity index (χ2v) is 13.2. The van der Waals surface area contributed by atoms with Crippen LogP contribution < -0.4 is 15.9 Å². The minimum atomic E-state index is -3.71. The number of carbonyl (C=O) groups excluding carboxylic acids is 1. The Balaban J connectivity index is 2.39. The van der Waals surface area contributed by atoms with Crippen molar-refractivity contribution >= 4 is 34.7 Å². The molecule has 0 saturated heterocycles. The zero-order chi connectivity index (χ0) is 23.4. The molecule has 0 radical (unpaired) electrons. The average molecular weight is 451 g/mol. The second-order valence-electron chi connectivity index (χ2n) is 8.39. The third-order valence-corrected chi connectivity index (χ3v) is 12.2. The third-order valence-electron chi connectivity index (χ3n) is 6.19. The van der Waals surface area contributed by atoms with Crippen molar-refractivity contribution in [2.45, 2.75) is 40.5 Å². The first kappa shape index (κ1) is 23.7. The van der Waals surface area contributed by atoms with Gasteiger partial charge < -0.3 is 0 Å². The van der Waals surface area contributed by atoms with Crippen LogP contribution in [0.3, 0.4) is 0 Å². The summed E-state index contributed by atoms with van der Waals surface area (Å²) in [7, 11) is 0. The number of hydrogen-bond donors (Lipinski definition) is 1. The van der Waals surface area contributed by atoms with Gasteiger partial charge in [0.05, 0.1) is 0 Å². The molecule has 3 rings (SSSR count). The molecular formula is C27H31O4P. The molecule has 1 N–H and O–H groups in total. The Morgan fingerprint density at radius 2 is 1.03 bits per heavy atom. The van der Waals surface area contributed by atoms with Crippen molar-refractivity contribution < 1.29 is 19.2 Å². The summed E-state index contributed by atoms with van der Waals surface area (Å²) in [5.41, 5.74) is 3.35. The number of carboxylic acids is 1. The van der Waals surface area contributed by atoms with Gasteiger partial charge in [0.1, 0.15) is 0 Å². The summed E-state index contributed by atoms with van der Waals surface area (Å²) in [5.74, 6) is -1.51. The molecule has 0 bridgehead atoms. The van der Waals surface area contributed by atoms with Gasteiger partial charge in [-0.25, -0.2) is 0 Å². The van der Waals surface area contributed by atoms with E-state index in [-0.39, 0.29) is 12.8 Å². The van der Waals surface area contributed by atoms with Crippen LogP contribution in [0, 0.1) is 20.8 Å². The standard InChI is InChI=1S/C27H31O4P/c1-5-32(23-12-6-20(2)7-13-23,24-14-8-21(3)9-15-24,25-16-10-22(4)11-17-25)31-27(30)19-18-26(28)29/h6-17H,5,18-19H2,1-4H3,(H,28,29). The molecule has 0 heterocycles. The predicted octanol–water partition coefficient (Wildman–Crippen LogP) is 4.78. The third kappa shape index (κ3) is 4.20. The van der Waals surface area contributed by atoms with Gasteiger partial charge in [0.25, 0.3) is 0 Å². The predicted molar refractivity (Wildman–Crippen MR) is 133 cm³/mol. The van der Waals surface area contributed by atoms with Crippen LogP contribution in [-0.2, 0) is 14.1 Å². The van der Waals surface area contributed by atoms with E-state index in [0.717, 1.165) is 32.6 Å². The van der Waals surface area contributed by atoms with Crippen LogP contribution in [0.25, 0.3) is 0 Å². The number of benzene rings is 3. The molecule has 0 fully saturated rings. The molecule has 0 aliphatic carbocycles. The molecule has 0 aliphatic rings. The van der Waals surface area contributed by atoms with Gasteiger partial charge in [-0.1, -0.05) is 0 Å². The average Bonchev–Trinajstić information content (AvgIpc) is 2.78. The fourth-order valence-electron chi connectivity index (χ4n) is 4.28. The molecule has 0 unspecified atom stereocenters. The summed E-state index contributed by atoms with van der Waals surface area (Å²) in [5, 5.41) is 12.0. The summed E-state index contributed by atoms with van der Waals surface area (Å²) in [6.45, 7) is 4.43. The normalized spacial score (nSPS) is 12.6. The van der Waals surface area contributed by atoms with Crippen LogP contribution in [0.5, 0.6) is 0 Å². The van der Waals surface area contributed by atoms with Gasteiger partial charge in [0, 0.05) is 0 Å². The Hall–Kier alpha value is -2.97. The van der Waals surface area contributed by atoms with Crippen molar-refractivity contribution in [3.63, 3.8) is 0 Å². The van der Waals surface area contributed by atoms with Gasteiger partial charge in [0.15, 0.2) is 0 Å². The Labute approximate surface area is 190 Å². The fraction of sp³-hybridized carbons (Fsp3) is 0.259. The first-order valence-corrected chi connectivity index (χ1v) is 13.2. The Bertz CT molecular complexity index is 986. The van der Waals surface area contributed by atoms with E-state index < -0.39 is 18.8 Å². The Morgan fingerprint density at radius 1 is 0.688 bits per heavy atom. The summed E-state index contributed by atoms with van der Waals surface area (Å²) < 4.78 is 6.63. The van der Waals surface area contributed by atoms with E-state index in [0.29, 0.717) is 6.16 Å². The number of carboxylic acid groups (broad SMARTS) is 1. The molecule has 3 aromatic rings. The molecule has 0 spiro atoms. The Morgan fingerprint density at radius 3 is 1.31 bits per heavy atom. The van der Waals surface area contributed by atoms with E-state index >= 15 is 0 Å². The van der Waals surface area contributed by atoms with E-state index in [1.165, 1.54) is 0 Å². The van der Waals surface area contributed by atoms with Crippen LogP contribution in [0.15, 0.2) is 72.8 Å². The number of aryl methyl sites for hydroxylation is 3. The molecule has 3 aromatic carbocycles. The molecule has 4 nitrogen and oxygen atoms in total. The van der Waals surface area contributed by atoms with E-state index in [1.54, 1.807) is 0 Å². The summed E-state index contributed by atoms with van der Waals surface area (Å²) >= 11 is 0. The van der Waals surface area contributed by atoms with Crippen LogP contribution in [0.4, 0.5) is 0 Å². The second kappa shape index (κ2) is 9.26. The summed E-state index contributed by atoms with van der Waals surface area (Å²) in [4.78, 5) is 24.3. The topological polar surface area (TPSA) is 63.6 Å². The van der Waals surface area contributed by atoms with E-state index in [2.05, 4.69) is 43.3 Å². The first-order chi connectivity index (χ1) is 15.2. The summed E-state index contributed by atoms with van der Waals surface area (Å²) in [6.07, 6.45) is 0.140. The fourth-order valence-corrected chi connectivity index (χ4v) is 9.59. The molecule has 5 heteroatoms. The SMILES string of the molecule is CCP(OC(=O)CCC(=O)O)(c1ccc(C)cc1)(c1ccc(C)cc1)c1ccc(C)cc1. The quantitative estimate of drug-likeness (QED) is 0.502. The zero-order valence-electron chi connectivity index (χ0n) is 19.2. The number of rotatable bonds is 8. The van der Waals surface area contributed by atoms with Crippen LogP contribution in [0.2, 0.25) is 0 Å². The molecule has 0 amide bonds. The number of carbonyl (C=O) groups is 2. The van der Waals surface area contributed by atoms with Crippen molar-refractivity contribution in [3.05, 3.63) is 89.5 Å². The van der Waals surface area contributed by atoms with E-state index in [1.807, 2.05) is 57.2 Å². The minimum absolute atomic E-state index is 0.170. The van der Waals surface area contributed by atoms with Crippen molar-refractivity contribution in [1.82, 2.24) is 0 Å². The van der Waals surface area contributed by atoms with E-state index in [9.17, 15) is 9.59 Å². The molecule has 0 saturated carbocycles.